The van der Waals surface area contributed by atoms with Crippen LogP contribution in [0.15, 0.2) is 12.1 Å². The summed E-state index contributed by atoms with van der Waals surface area (Å²) in [6.07, 6.45) is 0.855. The van der Waals surface area contributed by atoms with Crippen molar-refractivity contribution in [2.45, 2.75) is 32.2 Å². The molecule has 4 amide bonds. The van der Waals surface area contributed by atoms with Crippen molar-refractivity contribution in [2.75, 3.05) is 27.2 Å². The van der Waals surface area contributed by atoms with Crippen LogP contribution in [0.2, 0.25) is 0 Å². The topological polar surface area (TPSA) is 91.1 Å². The number of amides is 4. The number of carbonyl (C=O) groups is 3. The third kappa shape index (κ3) is 2.41. The Morgan fingerprint density at radius 2 is 1.78 bits per heavy atom. The van der Waals surface area contributed by atoms with Gasteiger partial charge in [-0.25, -0.2) is 14.3 Å². The zero-order chi connectivity index (χ0) is 19.5. The Hall–Kier alpha value is -2.97. The van der Waals surface area contributed by atoms with E-state index in [1.807, 2.05) is 19.9 Å². The second kappa shape index (κ2) is 5.77. The summed E-state index contributed by atoms with van der Waals surface area (Å²) in [6, 6.07) is 3.28. The highest BCUT2D eigenvalue weighted by Crippen LogP contribution is 2.35. The van der Waals surface area contributed by atoms with Gasteiger partial charge in [0, 0.05) is 38.9 Å². The molecule has 2 aliphatic rings. The number of carbonyl (C=O) groups excluding carboxylic acids is 3. The molecule has 0 aliphatic carbocycles. The van der Waals surface area contributed by atoms with Gasteiger partial charge in [0.2, 0.25) is 0 Å². The van der Waals surface area contributed by atoms with E-state index in [1.54, 1.807) is 22.5 Å². The number of fused-ring (bicyclic) bond motifs is 1. The Balaban J connectivity index is 1.56. The maximum atomic E-state index is 13.0. The molecule has 2 aromatic heterocycles. The first-order chi connectivity index (χ1) is 12.7. The summed E-state index contributed by atoms with van der Waals surface area (Å²) in [6.45, 7) is 4.57. The molecule has 2 aliphatic heterocycles. The van der Waals surface area contributed by atoms with E-state index in [2.05, 4.69) is 10.1 Å². The third-order valence-corrected chi connectivity index (χ3v) is 5.74. The summed E-state index contributed by atoms with van der Waals surface area (Å²) in [7, 11) is 3.16. The molecule has 0 atom stereocenters. The maximum Gasteiger partial charge on any atom is 0.327 e. The van der Waals surface area contributed by atoms with E-state index in [-0.39, 0.29) is 17.8 Å². The van der Waals surface area contributed by atoms with Crippen LogP contribution in [0.1, 0.15) is 34.7 Å². The van der Waals surface area contributed by atoms with Gasteiger partial charge in [-0.1, -0.05) is 0 Å². The van der Waals surface area contributed by atoms with Crippen LogP contribution in [0.4, 0.5) is 4.79 Å². The number of likely N-dealkylation sites (N-methyl/N-ethyl adjacent to an activating group) is 2. The van der Waals surface area contributed by atoms with Crippen molar-refractivity contribution < 1.29 is 14.4 Å². The van der Waals surface area contributed by atoms with Gasteiger partial charge >= 0.3 is 6.03 Å². The lowest BCUT2D eigenvalue weighted by atomic mass is 9.86. The Bertz CT molecular complexity index is 973. The normalized spacial score (nSPS) is 19.6. The number of imide groups is 1. The van der Waals surface area contributed by atoms with Crippen LogP contribution in [-0.2, 0) is 4.79 Å². The summed E-state index contributed by atoms with van der Waals surface area (Å²) in [5, 5.41) is 4.35. The largest absolute Gasteiger partial charge is 0.337 e. The van der Waals surface area contributed by atoms with Crippen LogP contribution in [-0.4, -0.2) is 79.9 Å². The van der Waals surface area contributed by atoms with E-state index in [1.165, 1.54) is 11.9 Å². The SMILES string of the molecule is Cc1cc2nc(C(=O)N3CCC4(CC3)C(=O)N(C)C(=O)N4C)cc(C)n2n1. The fraction of sp³-hybridized carbons (Fsp3) is 0.500. The minimum absolute atomic E-state index is 0.165. The number of piperidine rings is 1. The van der Waals surface area contributed by atoms with Crippen LogP contribution in [0.25, 0.3) is 5.65 Å². The molecule has 27 heavy (non-hydrogen) atoms. The first-order valence-corrected chi connectivity index (χ1v) is 8.94. The summed E-state index contributed by atoms with van der Waals surface area (Å²) in [4.78, 5) is 46.5. The molecule has 142 valence electrons. The van der Waals surface area contributed by atoms with Crippen LogP contribution < -0.4 is 0 Å². The molecule has 1 spiro atoms. The molecule has 2 aromatic rings. The average molecular weight is 370 g/mol. The lowest BCUT2D eigenvalue weighted by molar-refractivity contribution is -0.134. The van der Waals surface area contributed by atoms with Crippen molar-refractivity contribution >= 4 is 23.5 Å². The van der Waals surface area contributed by atoms with E-state index < -0.39 is 5.54 Å². The summed E-state index contributed by atoms with van der Waals surface area (Å²) in [5.74, 6) is -0.352. The van der Waals surface area contributed by atoms with E-state index in [4.69, 9.17) is 0 Å². The Kier molecular flexibility index (Phi) is 3.72. The number of likely N-dealkylation sites (tertiary alicyclic amines) is 1. The van der Waals surface area contributed by atoms with Crippen molar-refractivity contribution in [2.24, 2.45) is 0 Å². The van der Waals surface area contributed by atoms with E-state index in [9.17, 15) is 14.4 Å². The van der Waals surface area contributed by atoms with Crippen molar-refractivity contribution in [3.05, 3.63) is 29.2 Å². The number of aryl methyl sites for hydroxylation is 2. The van der Waals surface area contributed by atoms with E-state index >= 15 is 0 Å². The van der Waals surface area contributed by atoms with Gasteiger partial charge in [-0.2, -0.15) is 5.10 Å². The molecule has 4 heterocycles. The second-order valence-corrected chi connectivity index (χ2v) is 7.37. The molecule has 9 heteroatoms. The first kappa shape index (κ1) is 17.4. The second-order valence-electron chi connectivity index (χ2n) is 7.37. The van der Waals surface area contributed by atoms with Crippen molar-refractivity contribution in [3.8, 4) is 0 Å². The predicted octanol–water partition coefficient (Wildman–Crippen LogP) is 0.845. The zero-order valence-corrected chi connectivity index (χ0v) is 15.9. The van der Waals surface area contributed by atoms with Crippen LogP contribution >= 0.6 is 0 Å². The minimum atomic E-state index is -0.835. The Morgan fingerprint density at radius 3 is 2.37 bits per heavy atom. The molecule has 0 N–H and O–H groups in total. The smallest absolute Gasteiger partial charge is 0.327 e. The van der Waals surface area contributed by atoms with Crippen LogP contribution in [0.5, 0.6) is 0 Å². The van der Waals surface area contributed by atoms with Crippen LogP contribution in [0, 0.1) is 13.8 Å². The van der Waals surface area contributed by atoms with Crippen molar-refractivity contribution in [3.63, 3.8) is 0 Å². The number of nitrogens with zero attached hydrogens (tertiary/aromatic N) is 6. The highest BCUT2D eigenvalue weighted by Gasteiger charge is 2.55. The molecule has 0 bridgehead atoms. The first-order valence-electron chi connectivity index (χ1n) is 8.94. The molecule has 0 saturated carbocycles. The number of urea groups is 1. The molecule has 0 radical (unpaired) electrons. The molecule has 2 saturated heterocycles. The average Bonchev–Trinajstić information content (AvgIpc) is 3.11. The van der Waals surface area contributed by atoms with Gasteiger partial charge in [-0.15, -0.1) is 0 Å². The molecular weight excluding hydrogens is 348 g/mol. The molecule has 9 nitrogen and oxygen atoms in total. The van der Waals surface area contributed by atoms with E-state index in [0.717, 1.165) is 16.3 Å². The maximum absolute atomic E-state index is 13.0. The number of hydrogen-bond acceptors (Lipinski definition) is 5. The lowest BCUT2D eigenvalue weighted by Crippen LogP contribution is -2.56. The standard InChI is InChI=1S/C18H22N6O3/c1-11-9-14-19-13(10-12(2)24(14)20-11)15(25)23-7-5-18(6-8-23)16(26)21(3)17(27)22(18)4/h9-10H,5-8H2,1-4H3. The van der Waals surface area contributed by atoms with Crippen LogP contribution in [0.3, 0.4) is 0 Å². The summed E-state index contributed by atoms with van der Waals surface area (Å²) < 4.78 is 1.71. The highest BCUT2D eigenvalue weighted by molar-refractivity contribution is 6.06. The summed E-state index contributed by atoms with van der Waals surface area (Å²) in [5.41, 5.74) is 1.85. The minimum Gasteiger partial charge on any atom is -0.337 e. The number of aromatic nitrogens is 3. The Morgan fingerprint density at radius 1 is 1.11 bits per heavy atom. The number of rotatable bonds is 1. The molecular formula is C18H22N6O3. The van der Waals surface area contributed by atoms with Gasteiger partial charge in [-0.05, 0) is 32.8 Å². The van der Waals surface area contributed by atoms with Crippen molar-refractivity contribution in [1.82, 2.24) is 29.3 Å². The van der Waals surface area contributed by atoms with Gasteiger partial charge in [0.1, 0.15) is 11.2 Å². The molecule has 0 unspecified atom stereocenters. The van der Waals surface area contributed by atoms with Crippen molar-refractivity contribution in [1.29, 1.82) is 0 Å². The summed E-state index contributed by atoms with van der Waals surface area (Å²) >= 11 is 0. The predicted molar refractivity (Wildman–Crippen MR) is 96.3 cm³/mol. The van der Waals surface area contributed by atoms with Gasteiger partial charge in [-0.3, -0.25) is 14.5 Å². The fourth-order valence-corrected chi connectivity index (χ4v) is 4.09. The Labute approximate surface area is 156 Å². The highest BCUT2D eigenvalue weighted by atomic mass is 16.2. The molecule has 4 rings (SSSR count). The van der Waals surface area contributed by atoms with Gasteiger partial charge in [0.05, 0.1) is 5.69 Å². The zero-order valence-electron chi connectivity index (χ0n) is 15.9. The monoisotopic (exact) mass is 370 g/mol. The lowest BCUT2D eigenvalue weighted by Gasteiger charge is -2.40. The third-order valence-electron chi connectivity index (χ3n) is 5.74. The number of hydrogen-bond donors (Lipinski definition) is 0. The van der Waals surface area contributed by atoms with Gasteiger partial charge < -0.3 is 9.80 Å². The van der Waals surface area contributed by atoms with Gasteiger partial charge in [0.15, 0.2) is 5.65 Å². The van der Waals surface area contributed by atoms with Gasteiger partial charge in [0.25, 0.3) is 11.8 Å². The molecule has 2 fully saturated rings. The molecule has 0 aromatic carbocycles. The fourth-order valence-electron chi connectivity index (χ4n) is 4.09. The van der Waals surface area contributed by atoms with E-state index in [0.29, 0.717) is 37.3 Å². The quantitative estimate of drug-likeness (QED) is 0.694.